The average Bonchev–Trinajstić information content (AvgIpc) is 2.29. The quantitative estimate of drug-likeness (QED) is 0.789. The maximum absolute atomic E-state index is 12.0. The molecule has 0 bridgehead atoms. The molecule has 1 rings (SSSR count). The third kappa shape index (κ3) is 4.72. The van der Waals surface area contributed by atoms with E-state index in [0.717, 1.165) is 28.6 Å². The fourth-order valence-corrected chi connectivity index (χ4v) is 2.20. The number of thiol groups is 1. The molecule has 0 aliphatic carbocycles. The summed E-state index contributed by atoms with van der Waals surface area (Å²) in [7, 11) is 0. The first-order valence-corrected chi connectivity index (χ1v) is 7.08. The summed E-state index contributed by atoms with van der Waals surface area (Å²) in [5.41, 5.74) is 0.640. The van der Waals surface area contributed by atoms with Gasteiger partial charge in [-0.1, -0.05) is 19.8 Å². The van der Waals surface area contributed by atoms with E-state index in [1.807, 2.05) is 19.1 Å². The van der Waals surface area contributed by atoms with Crippen LogP contribution in [0.3, 0.4) is 0 Å². The Bertz CT molecular complexity index is 395. The van der Waals surface area contributed by atoms with Crippen molar-refractivity contribution in [1.82, 2.24) is 5.32 Å². The summed E-state index contributed by atoms with van der Waals surface area (Å²) in [6.07, 6.45) is 3.30. The van der Waals surface area contributed by atoms with Crippen molar-refractivity contribution in [1.29, 1.82) is 0 Å². The Hall–Kier alpha value is -0.480. The van der Waals surface area contributed by atoms with Crippen molar-refractivity contribution in [2.45, 2.75) is 44.0 Å². The summed E-state index contributed by atoms with van der Waals surface area (Å²) >= 11 is 7.62. The summed E-state index contributed by atoms with van der Waals surface area (Å²) < 4.78 is 0.801. The second-order valence-corrected chi connectivity index (χ2v) is 5.55. The van der Waals surface area contributed by atoms with Crippen molar-refractivity contribution in [2.75, 3.05) is 0 Å². The number of rotatable bonds is 5. The summed E-state index contributed by atoms with van der Waals surface area (Å²) in [4.78, 5) is 12.8. The van der Waals surface area contributed by atoms with Crippen molar-refractivity contribution in [3.63, 3.8) is 0 Å². The van der Waals surface area contributed by atoms with Crippen molar-refractivity contribution < 1.29 is 4.79 Å². The lowest BCUT2D eigenvalue weighted by molar-refractivity contribution is 0.0937. The predicted molar refractivity (Wildman–Crippen MR) is 77.8 cm³/mol. The lowest BCUT2D eigenvalue weighted by atomic mass is 10.1. The monoisotopic (exact) mass is 315 g/mol. The summed E-state index contributed by atoms with van der Waals surface area (Å²) in [5.74, 6) is -0.0450. The van der Waals surface area contributed by atoms with Crippen LogP contribution in [0.2, 0.25) is 0 Å². The predicted octanol–water partition coefficient (Wildman–Crippen LogP) is 4.05. The molecule has 1 N–H and O–H groups in total. The van der Waals surface area contributed by atoms with Crippen molar-refractivity contribution >= 4 is 34.5 Å². The Balaban J connectivity index is 2.66. The minimum Gasteiger partial charge on any atom is -0.350 e. The van der Waals surface area contributed by atoms with E-state index in [9.17, 15) is 4.79 Å². The van der Waals surface area contributed by atoms with E-state index < -0.39 is 0 Å². The minimum atomic E-state index is -0.0450. The number of carbonyl (C=O) groups excluding carboxylic acids is 1. The number of carbonyl (C=O) groups is 1. The molecule has 1 atom stereocenters. The maximum atomic E-state index is 12.0. The van der Waals surface area contributed by atoms with Gasteiger partial charge in [0.05, 0.1) is 5.56 Å². The lowest BCUT2D eigenvalue weighted by Crippen LogP contribution is -2.32. The van der Waals surface area contributed by atoms with Gasteiger partial charge in [0, 0.05) is 15.4 Å². The van der Waals surface area contributed by atoms with E-state index >= 15 is 0 Å². The Morgan fingerprint density at radius 3 is 2.88 bits per heavy atom. The molecule has 0 heterocycles. The number of unbranched alkanes of at least 4 members (excludes halogenated alkanes) is 1. The molecule has 0 aliphatic rings. The molecule has 17 heavy (non-hydrogen) atoms. The first-order chi connectivity index (χ1) is 8.04. The largest absolute Gasteiger partial charge is 0.350 e. The van der Waals surface area contributed by atoms with E-state index in [1.165, 1.54) is 0 Å². The van der Waals surface area contributed by atoms with Crippen molar-refractivity contribution in [3.8, 4) is 0 Å². The maximum Gasteiger partial charge on any atom is 0.252 e. The van der Waals surface area contributed by atoms with Crippen LogP contribution in [0.15, 0.2) is 27.6 Å². The van der Waals surface area contributed by atoms with Crippen LogP contribution in [0.5, 0.6) is 0 Å². The van der Waals surface area contributed by atoms with Crippen LogP contribution in [0.1, 0.15) is 43.5 Å². The van der Waals surface area contributed by atoms with Crippen LogP contribution < -0.4 is 5.32 Å². The molecule has 94 valence electrons. The normalized spacial score (nSPS) is 12.2. The molecule has 0 saturated carbocycles. The van der Waals surface area contributed by atoms with Gasteiger partial charge in [-0.05, 0) is 47.5 Å². The van der Waals surface area contributed by atoms with Crippen LogP contribution >= 0.6 is 28.6 Å². The zero-order chi connectivity index (χ0) is 12.8. The van der Waals surface area contributed by atoms with Gasteiger partial charge in [-0.25, -0.2) is 0 Å². The SMILES string of the molecule is CCCCC(C)NC(=O)c1cc(S)ccc1Br. The number of amides is 1. The number of halogens is 1. The zero-order valence-electron chi connectivity index (χ0n) is 10.2. The van der Waals surface area contributed by atoms with Crippen LogP contribution in [-0.4, -0.2) is 11.9 Å². The third-order valence-electron chi connectivity index (χ3n) is 2.56. The highest BCUT2D eigenvalue weighted by molar-refractivity contribution is 9.10. The van der Waals surface area contributed by atoms with Crippen molar-refractivity contribution in [3.05, 3.63) is 28.2 Å². The van der Waals surface area contributed by atoms with E-state index in [-0.39, 0.29) is 11.9 Å². The van der Waals surface area contributed by atoms with Gasteiger partial charge in [0.1, 0.15) is 0 Å². The first-order valence-electron chi connectivity index (χ1n) is 5.84. The highest BCUT2D eigenvalue weighted by Crippen LogP contribution is 2.20. The number of hydrogen-bond acceptors (Lipinski definition) is 2. The average molecular weight is 316 g/mol. The van der Waals surface area contributed by atoms with Gasteiger partial charge in [-0.2, -0.15) is 0 Å². The van der Waals surface area contributed by atoms with E-state index in [0.29, 0.717) is 5.56 Å². The molecular weight excluding hydrogens is 298 g/mol. The fourth-order valence-electron chi connectivity index (χ4n) is 1.57. The van der Waals surface area contributed by atoms with Gasteiger partial charge in [0.15, 0.2) is 0 Å². The van der Waals surface area contributed by atoms with Gasteiger partial charge in [-0.15, -0.1) is 12.6 Å². The topological polar surface area (TPSA) is 29.1 Å². The first kappa shape index (κ1) is 14.6. The molecule has 1 unspecified atom stereocenters. The Morgan fingerprint density at radius 1 is 1.53 bits per heavy atom. The highest BCUT2D eigenvalue weighted by atomic mass is 79.9. The van der Waals surface area contributed by atoms with Crippen LogP contribution in [0.4, 0.5) is 0 Å². The fraction of sp³-hybridized carbons (Fsp3) is 0.462. The highest BCUT2D eigenvalue weighted by Gasteiger charge is 2.12. The standard InChI is InChI=1S/C13H18BrNOS/c1-3-4-5-9(2)15-13(16)11-8-10(17)6-7-12(11)14/h6-9,17H,3-5H2,1-2H3,(H,15,16). The van der Waals surface area contributed by atoms with Gasteiger partial charge < -0.3 is 5.32 Å². The van der Waals surface area contributed by atoms with E-state index in [4.69, 9.17) is 0 Å². The number of hydrogen-bond donors (Lipinski definition) is 2. The van der Waals surface area contributed by atoms with Crippen molar-refractivity contribution in [2.24, 2.45) is 0 Å². The van der Waals surface area contributed by atoms with Crippen LogP contribution in [-0.2, 0) is 0 Å². The molecule has 4 heteroatoms. The molecule has 0 fully saturated rings. The molecule has 1 aromatic rings. The molecule has 0 saturated heterocycles. The summed E-state index contributed by atoms with van der Waals surface area (Å²) in [6.45, 7) is 4.18. The Kier molecular flexibility index (Phi) is 6.06. The Morgan fingerprint density at radius 2 is 2.24 bits per heavy atom. The second-order valence-electron chi connectivity index (χ2n) is 4.18. The van der Waals surface area contributed by atoms with Crippen LogP contribution in [0, 0.1) is 0 Å². The lowest BCUT2D eigenvalue weighted by Gasteiger charge is -2.14. The number of nitrogens with one attached hydrogen (secondary N) is 1. The van der Waals surface area contributed by atoms with E-state index in [2.05, 4.69) is 40.8 Å². The Labute approximate surface area is 117 Å². The summed E-state index contributed by atoms with van der Waals surface area (Å²) in [6, 6.07) is 5.67. The molecule has 0 radical (unpaired) electrons. The number of benzene rings is 1. The van der Waals surface area contributed by atoms with Crippen LogP contribution in [0.25, 0.3) is 0 Å². The second kappa shape index (κ2) is 7.07. The van der Waals surface area contributed by atoms with Gasteiger partial charge in [-0.3, -0.25) is 4.79 Å². The van der Waals surface area contributed by atoms with Gasteiger partial charge in [0.25, 0.3) is 5.91 Å². The zero-order valence-corrected chi connectivity index (χ0v) is 12.6. The van der Waals surface area contributed by atoms with Gasteiger partial charge in [0.2, 0.25) is 0 Å². The van der Waals surface area contributed by atoms with Gasteiger partial charge >= 0.3 is 0 Å². The summed E-state index contributed by atoms with van der Waals surface area (Å²) in [5, 5.41) is 3.00. The third-order valence-corrected chi connectivity index (χ3v) is 3.53. The molecule has 0 spiro atoms. The van der Waals surface area contributed by atoms with E-state index in [1.54, 1.807) is 6.07 Å². The molecule has 1 amide bonds. The molecule has 1 aromatic carbocycles. The molecular formula is C13H18BrNOS. The smallest absolute Gasteiger partial charge is 0.252 e. The molecule has 2 nitrogen and oxygen atoms in total. The molecule has 0 aliphatic heterocycles. The minimum absolute atomic E-state index is 0.0450. The molecule has 0 aromatic heterocycles.